The first-order valence-corrected chi connectivity index (χ1v) is 7.28. The molecule has 18 heavy (non-hydrogen) atoms. The smallest absolute Gasteiger partial charge is 0.115 e. The maximum absolute atomic E-state index is 9.90. The standard InChI is InChI=1S/C15H26N2O/c1-2-3-4-5-6-7-8-9-10-15(18)14-11-12-16-13-17-14/h11-13,15,18H,2-10H2,1H3. The van der Waals surface area contributed by atoms with E-state index >= 15 is 0 Å². The lowest BCUT2D eigenvalue weighted by molar-refractivity contribution is 0.158. The highest BCUT2D eigenvalue weighted by molar-refractivity contribution is 5.01. The molecule has 3 heteroatoms. The van der Waals surface area contributed by atoms with Gasteiger partial charge in [-0.05, 0) is 12.5 Å². The molecule has 0 aliphatic rings. The van der Waals surface area contributed by atoms with Gasteiger partial charge in [0, 0.05) is 6.20 Å². The Morgan fingerprint density at radius 1 is 1.06 bits per heavy atom. The molecule has 0 aliphatic heterocycles. The number of nitrogens with zero attached hydrogens (tertiary/aromatic N) is 2. The molecule has 1 N–H and O–H groups in total. The van der Waals surface area contributed by atoms with Crippen LogP contribution in [0.15, 0.2) is 18.6 Å². The number of unbranched alkanes of at least 4 members (excludes halogenated alkanes) is 7. The Morgan fingerprint density at radius 3 is 2.33 bits per heavy atom. The zero-order valence-corrected chi connectivity index (χ0v) is 11.5. The molecule has 1 atom stereocenters. The number of hydrogen-bond acceptors (Lipinski definition) is 3. The molecule has 1 aromatic rings. The van der Waals surface area contributed by atoms with Gasteiger partial charge in [-0.15, -0.1) is 0 Å². The summed E-state index contributed by atoms with van der Waals surface area (Å²) < 4.78 is 0. The zero-order chi connectivity index (χ0) is 13.1. The second kappa shape index (κ2) is 10.0. The fourth-order valence-corrected chi connectivity index (χ4v) is 2.12. The molecule has 0 saturated carbocycles. The second-order valence-electron chi connectivity index (χ2n) is 4.91. The maximum atomic E-state index is 9.90. The normalized spacial score (nSPS) is 12.6. The third-order valence-corrected chi connectivity index (χ3v) is 3.28. The Kier molecular flexibility index (Phi) is 8.40. The minimum absolute atomic E-state index is 0.423. The van der Waals surface area contributed by atoms with E-state index in [-0.39, 0.29) is 0 Å². The average Bonchev–Trinajstić information content (AvgIpc) is 2.42. The summed E-state index contributed by atoms with van der Waals surface area (Å²) >= 11 is 0. The van der Waals surface area contributed by atoms with Gasteiger partial charge >= 0.3 is 0 Å². The quantitative estimate of drug-likeness (QED) is 0.637. The van der Waals surface area contributed by atoms with Crippen molar-refractivity contribution < 1.29 is 5.11 Å². The SMILES string of the molecule is CCCCCCCCCCC(O)c1ccncn1. The van der Waals surface area contributed by atoms with Crippen LogP contribution in [-0.2, 0) is 0 Å². The van der Waals surface area contributed by atoms with E-state index in [9.17, 15) is 5.11 Å². The number of hydrogen-bond donors (Lipinski definition) is 1. The van der Waals surface area contributed by atoms with Crippen molar-refractivity contribution in [2.75, 3.05) is 0 Å². The lowest BCUT2D eigenvalue weighted by atomic mass is 10.0. The lowest BCUT2D eigenvalue weighted by Gasteiger charge is -2.09. The number of aliphatic hydroxyl groups is 1. The van der Waals surface area contributed by atoms with E-state index in [0.29, 0.717) is 0 Å². The van der Waals surface area contributed by atoms with Crippen LogP contribution in [0.5, 0.6) is 0 Å². The molecule has 0 spiro atoms. The van der Waals surface area contributed by atoms with E-state index in [1.165, 1.54) is 51.3 Å². The number of aromatic nitrogens is 2. The fourth-order valence-electron chi connectivity index (χ4n) is 2.12. The molecule has 0 radical (unpaired) electrons. The summed E-state index contributed by atoms with van der Waals surface area (Å²) in [5, 5.41) is 9.90. The van der Waals surface area contributed by atoms with Crippen LogP contribution >= 0.6 is 0 Å². The van der Waals surface area contributed by atoms with Crippen LogP contribution < -0.4 is 0 Å². The number of rotatable bonds is 10. The van der Waals surface area contributed by atoms with Crippen LogP contribution in [0.25, 0.3) is 0 Å². The van der Waals surface area contributed by atoms with E-state index in [1.54, 1.807) is 12.3 Å². The molecule has 1 rings (SSSR count). The summed E-state index contributed by atoms with van der Waals surface area (Å²) in [7, 11) is 0. The summed E-state index contributed by atoms with van der Waals surface area (Å²) in [5.41, 5.74) is 0.743. The first kappa shape index (κ1) is 15.1. The topological polar surface area (TPSA) is 46.0 Å². The summed E-state index contributed by atoms with van der Waals surface area (Å²) in [5.74, 6) is 0. The maximum Gasteiger partial charge on any atom is 0.115 e. The van der Waals surface area contributed by atoms with Gasteiger partial charge < -0.3 is 5.11 Å². The summed E-state index contributed by atoms with van der Waals surface area (Å²) in [6.07, 6.45) is 13.9. The van der Waals surface area contributed by atoms with Crippen LogP contribution in [0.2, 0.25) is 0 Å². The molecular formula is C15H26N2O. The van der Waals surface area contributed by atoms with Gasteiger partial charge in [0.2, 0.25) is 0 Å². The van der Waals surface area contributed by atoms with Crippen molar-refractivity contribution >= 4 is 0 Å². The van der Waals surface area contributed by atoms with Crippen molar-refractivity contribution in [2.45, 2.75) is 70.8 Å². The minimum Gasteiger partial charge on any atom is -0.387 e. The van der Waals surface area contributed by atoms with E-state index in [4.69, 9.17) is 0 Å². The highest BCUT2D eigenvalue weighted by Crippen LogP contribution is 2.17. The van der Waals surface area contributed by atoms with Gasteiger partial charge in [0.25, 0.3) is 0 Å². The molecule has 3 nitrogen and oxygen atoms in total. The van der Waals surface area contributed by atoms with E-state index in [2.05, 4.69) is 16.9 Å². The van der Waals surface area contributed by atoms with Crippen molar-refractivity contribution in [3.63, 3.8) is 0 Å². The fraction of sp³-hybridized carbons (Fsp3) is 0.733. The lowest BCUT2D eigenvalue weighted by Crippen LogP contribution is -2.00. The predicted molar refractivity (Wildman–Crippen MR) is 74.2 cm³/mol. The Hall–Kier alpha value is -0.960. The van der Waals surface area contributed by atoms with Gasteiger partial charge in [-0.2, -0.15) is 0 Å². The van der Waals surface area contributed by atoms with Gasteiger partial charge in [-0.25, -0.2) is 9.97 Å². The molecule has 0 fully saturated rings. The molecule has 0 saturated heterocycles. The Morgan fingerprint density at radius 2 is 1.72 bits per heavy atom. The van der Waals surface area contributed by atoms with Gasteiger partial charge in [0.1, 0.15) is 6.33 Å². The third-order valence-electron chi connectivity index (χ3n) is 3.28. The molecule has 102 valence electrons. The molecule has 0 amide bonds. The van der Waals surface area contributed by atoms with Crippen LogP contribution in [-0.4, -0.2) is 15.1 Å². The molecule has 0 bridgehead atoms. The van der Waals surface area contributed by atoms with E-state index in [1.807, 2.05) is 0 Å². The first-order valence-electron chi connectivity index (χ1n) is 7.28. The molecule has 1 unspecified atom stereocenters. The van der Waals surface area contributed by atoms with Crippen LogP contribution in [0, 0.1) is 0 Å². The molecule has 1 aromatic heterocycles. The average molecular weight is 250 g/mol. The van der Waals surface area contributed by atoms with Crippen LogP contribution in [0.4, 0.5) is 0 Å². The zero-order valence-electron chi connectivity index (χ0n) is 11.5. The Labute approximate surface area is 111 Å². The molecule has 0 aromatic carbocycles. The third kappa shape index (κ3) is 6.70. The minimum atomic E-state index is -0.423. The van der Waals surface area contributed by atoms with Crippen molar-refractivity contribution in [1.29, 1.82) is 0 Å². The highest BCUT2D eigenvalue weighted by Gasteiger charge is 2.07. The van der Waals surface area contributed by atoms with Crippen molar-refractivity contribution in [1.82, 2.24) is 9.97 Å². The van der Waals surface area contributed by atoms with E-state index < -0.39 is 6.10 Å². The van der Waals surface area contributed by atoms with Gasteiger partial charge in [0.15, 0.2) is 0 Å². The Balaban J connectivity index is 1.98. The van der Waals surface area contributed by atoms with Gasteiger partial charge in [-0.1, -0.05) is 58.3 Å². The Bertz CT molecular complexity index is 290. The number of aliphatic hydroxyl groups excluding tert-OH is 1. The molecule has 0 aliphatic carbocycles. The van der Waals surface area contributed by atoms with Gasteiger partial charge in [-0.3, -0.25) is 0 Å². The van der Waals surface area contributed by atoms with Crippen LogP contribution in [0.1, 0.15) is 76.5 Å². The largest absolute Gasteiger partial charge is 0.387 e. The van der Waals surface area contributed by atoms with Crippen LogP contribution in [0.3, 0.4) is 0 Å². The first-order chi connectivity index (χ1) is 8.84. The monoisotopic (exact) mass is 250 g/mol. The predicted octanol–water partition coefficient (Wildman–Crippen LogP) is 4.04. The highest BCUT2D eigenvalue weighted by atomic mass is 16.3. The summed E-state index contributed by atoms with van der Waals surface area (Å²) in [6, 6.07) is 1.79. The van der Waals surface area contributed by atoms with Crippen molar-refractivity contribution in [3.05, 3.63) is 24.3 Å². The van der Waals surface area contributed by atoms with E-state index in [0.717, 1.165) is 18.5 Å². The molecule has 1 heterocycles. The van der Waals surface area contributed by atoms with Gasteiger partial charge in [0.05, 0.1) is 11.8 Å². The summed E-state index contributed by atoms with van der Waals surface area (Å²) in [6.45, 7) is 2.24. The second-order valence-corrected chi connectivity index (χ2v) is 4.91. The summed E-state index contributed by atoms with van der Waals surface area (Å²) in [4.78, 5) is 7.92. The van der Waals surface area contributed by atoms with Crippen molar-refractivity contribution in [2.24, 2.45) is 0 Å². The molecular weight excluding hydrogens is 224 g/mol. The van der Waals surface area contributed by atoms with Crippen molar-refractivity contribution in [3.8, 4) is 0 Å².